The Hall–Kier alpha value is -3.10. The Morgan fingerprint density at radius 3 is 2.43 bits per heavy atom. The van der Waals surface area contributed by atoms with Gasteiger partial charge in [0.2, 0.25) is 5.69 Å². The number of anilines is 1. The van der Waals surface area contributed by atoms with Crippen LogP contribution >= 0.6 is 12.0 Å². The van der Waals surface area contributed by atoms with Crippen LogP contribution in [0, 0.1) is 0 Å². The number of allylic oxidation sites excluding steroid dienone is 7. The van der Waals surface area contributed by atoms with E-state index in [1.54, 1.807) is 0 Å². The molecule has 0 fully saturated rings. The van der Waals surface area contributed by atoms with Crippen molar-refractivity contribution in [3.8, 4) is 0 Å². The summed E-state index contributed by atoms with van der Waals surface area (Å²) in [7, 11) is 2.05. The van der Waals surface area contributed by atoms with Crippen molar-refractivity contribution in [2.45, 2.75) is 90.4 Å². The van der Waals surface area contributed by atoms with Gasteiger partial charge in [0.25, 0.3) is 0 Å². The molecule has 246 valence electrons. The van der Waals surface area contributed by atoms with Gasteiger partial charge in [0.1, 0.15) is 6.54 Å². The first-order valence-corrected chi connectivity index (χ1v) is 17.9. The van der Waals surface area contributed by atoms with E-state index in [4.69, 9.17) is 0 Å². The summed E-state index contributed by atoms with van der Waals surface area (Å²) in [5.74, 6) is 0.718. The van der Waals surface area contributed by atoms with Crippen LogP contribution in [0.25, 0.3) is 0 Å². The molecule has 0 saturated heterocycles. The predicted octanol–water partition coefficient (Wildman–Crippen LogP) is 8.34. The summed E-state index contributed by atoms with van der Waals surface area (Å²) in [5.41, 5.74) is 11.9. The summed E-state index contributed by atoms with van der Waals surface area (Å²) >= 11 is 1.07. The molecule has 0 bridgehead atoms. The number of benzene rings is 2. The van der Waals surface area contributed by atoms with Crippen LogP contribution in [0.5, 0.6) is 0 Å². The van der Waals surface area contributed by atoms with Crippen molar-refractivity contribution in [1.29, 1.82) is 0 Å². The predicted molar refractivity (Wildman–Crippen MR) is 190 cm³/mol. The van der Waals surface area contributed by atoms with Crippen LogP contribution in [0.15, 0.2) is 95.4 Å². The fourth-order valence-corrected chi connectivity index (χ4v) is 7.94. The molecule has 0 amide bonds. The molecule has 1 aliphatic carbocycles. The van der Waals surface area contributed by atoms with E-state index in [9.17, 15) is 5.26 Å². The van der Waals surface area contributed by atoms with E-state index in [2.05, 4.69) is 139 Å². The van der Waals surface area contributed by atoms with Crippen LogP contribution in [0.1, 0.15) is 90.7 Å². The summed E-state index contributed by atoms with van der Waals surface area (Å²) in [6.07, 6.45) is 17.1. The molecule has 0 spiro atoms. The van der Waals surface area contributed by atoms with E-state index in [1.165, 1.54) is 70.0 Å². The van der Waals surface area contributed by atoms with Gasteiger partial charge >= 0.3 is 0 Å². The smallest absolute Gasteiger partial charge is 0.209 e. The number of hydrogen-bond donors (Lipinski definition) is 1. The Labute approximate surface area is 280 Å². The SMILES string of the molecule is CCCCC[N+]1=C(/C=C/C2=C(NC)C(=C/C=C3/N(CCCCSOO[O-])c4ccccc4C3(C)C)/CC2)C(C)(C)c2ccccc21. The number of likely N-dealkylation sites (N-methyl/N-ethyl adjacent to an activating group) is 1. The standard InChI is InChI=1S/C39H51N3O3S/c1-7-8-13-26-41-33-18-11-9-16-31(33)38(2,3)35(41)24-22-29-20-21-30(37(29)40-6)23-25-36-39(4,5)32-17-10-12-19-34(32)42(36)27-14-15-28-46-45-44-43/h9-12,16-19,22-25,43H,7-8,13-15,20-21,26-28H2,1-6H3/b30-23+,36-25+. The molecule has 2 aromatic carbocycles. The summed E-state index contributed by atoms with van der Waals surface area (Å²) in [6.45, 7) is 13.6. The van der Waals surface area contributed by atoms with Crippen molar-refractivity contribution in [2.75, 3.05) is 30.8 Å². The van der Waals surface area contributed by atoms with Crippen molar-refractivity contribution in [3.05, 3.63) is 107 Å². The zero-order valence-corrected chi connectivity index (χ0v) is 29.3. The summed E-state index contributed by atoms with van der Waals surface area (Å²) in [5, 5.41) is 17.1. The molecule has 0 atom stereocenters. The number of hydrogen-bond acceptors (Lipinski definition) is 6. The van der Waals surface area contributed by atoms with Crippen molar-refractivity contribution in [2.24, 2.45) is 0 Å². The van der Waals surface area contributed by atoms with E-state index in [-0.39, 0.29) is 10.8 Å². The molecular weight excluding hydrogens is 591 g/mol. The van der Waals surface area contributed by atoms with Gasteiger partial charge in [0.05, 0.1) is 5.41 Å². The highest BCUT2D eigenvalue weighted by Crippen LogP contribution is 2.48. The highest BCUT2D eigenvalue weighted by molar-refractivity contribution is 7.94. The second kappa shape index (κ2) is 15.2. The molecule has 5 rings (SSSR count). The lowest BCUT2D eigenvalue weighted by Crippen LogP contribution is -2.28. The van der Waals surface area contributed by atoms with Crippen LogP contribution in [0.4, 0.5) is 11.4 Å². The number of nitrogens with one attached hydrogen (secondary N) is 1. The first-order valence-electron chi connectivity index (χ1n) is 17.0. The van der Waals surface area contributed by atoms with Crippen LogP contribution in [0.2, 0.25) is 0 Å². The number of rotatable bonds is 15. The largest absolute Gasteiger partial charge is 0.691 e. The highest BCUT2D eigenvalue weighted by Gasteiger charge is 2.44. The molecule has 1 N–H and O–H groups in total. The number of unbranched alkanes of at least 4 members (excludes halogenated alkanes) is 3. The lowest BCUT2D eigenvalue weighted by molar-refractivity contribution is -0.777. The second-order valence-corrected chi connectivity index (χ2v) is 14.4. The van der Waals surface area contributed by atoms with Gasteiger partial charge in [-0.3, -0.25) is 5.04 Å². The van der Waals surface area contributed by atoms with Gasteiger partial charge in [-0.15, -0.1) is 0 Å². The molecular formula is C39H51N3O3S. The van der Waals surface area contributed by atoms with E-state index in [0.29, 0.717) is 0 Å². The van der Waals surface area contributed by atoms with E-state index >= 15 is 0 Å². The van der Waals surface area contributed by atoms with Gasteiger partial charge in [-0.1, -0.05) is 75.7 Å². The van der Waals surface area contributed by atoms with Crippen molar-refractivity contribution >= 4 is 29.1 Å². The average molecular weight is 642 g/mol. The third kappa shape index (κ3) is 6.93. The Morgan fingerprint density at radius 2 is 1.67 bits per heavy atom. The van der Waals surface area contributed by atoms with Crippen LogP contribution in [-0.4, -0.2) is 36.2 Å². The Morgan fingerprint density at radius 1 is 0.913 bits per heavy atom. The molecule has 3 aliphatic rings. The lowest BCUT2D eigenvalue weighted by Gasteiger charge is -2.27. The minimum absolute atomic E-state index is 0.0383. The zero-order valence-electron chi connectivity index (χ0n) is 28.5. The monoisotopic (exact) mass is 641 g/mol. The van der Waals surface area contributed by atoms with Crippen LogP contribution in [0.3, 0.4) is 0 Å². The minimum atomic E-state index is -0.103. The Balaban J connectivity index is 1.42. The maximum Gasteiger partial charge on any atom is 0.209 e. The quantitative estimate of drug-likeness (QED) is 0.0694. The molecule has 7 heteroatoms. The van der Waals surface area contributed by atoms with Gasteiger partial charge in [-0.25, -0.2) is 0 Å². The van der Waals surface area contributed by atoms with Crippen molar-refractivity contribution < 1.29 is 19.2 Å². The number of fused-ring (bicyclic) bond motifs is 2. The van der Waals surface area contributed by atoms with Crippen molar-refractivity contribution in [3.63, 3.8) is 0 Å². The Bertz CT molecular complexity index is 1550. The average Bonchev–Trinajstić information content (AvgIpc) is 3.62. The van der Waals surface area contributed by atoms with Crippen LogP contribution < -0.4 is 15.5 Å². The molecule has 2 heterocycles. The third-order valence-corrected chi connectivity index (χ3v) is 10.6. The molecule has 0 unspecified atom stereocenters. The zero-order chi connectivity index (χ0) is 32.7. The topological polar surface area (TPSA) is 59.8 Å². The Kier molecular flexibility index (Phi) is 11.3. The van der Waals surface area contributed by atoms with E-state index < -0.39 is 0 Å². The van der Waals surface area contributed by atoms with E-state index in [0.717, 1.165) is 56.6 Å². The van der Waals surface area contributed by atoms with Crippen LogP contribution in [-0.2, 0) is 20.2 Å². The maximum atomic E-state index is 10.1. The first kappa shape index (κ1) is 34.2. The fraction of sp³-hybridized carbons (Fsp3) is 0.462. The summed E-state index contributed by atoms with van der Waals surface area (Å²) in [6, 6.07) is 17.7. The molecule has 0 saturated carbocycles. The molecule has 0 aromatic heterocycles. The maximum absolute atomic E-state index is 10.1. The van der Waals surface area contributed by atoms with Gasteiger partial charge in [0, 0.05) is 78.0 Å². The lowest BCUT2D eigenvalue weighted by atomic mass is 9.81. The molecule has 0 radical (unpaired) electrons. The molecule has 2 aliphatic heterocycles. The van der Waals surface area contributed by atoms with Crippen molar-refractivity contribution in [1.82, 2.24) is 5.32 Å². The van der Waals surface area contributed by atoms with Gasteiger partial charge in [-0.2, -0.15) is 8.91 Å². The van der Waals surface area contributed by atoms with Gasteiger partial charge in [0.15, 0.2) is 5.71 Å². The number of nitrogens with zero attached hydrogens (tertiary/aromatic N) is 2. The summed E-state index contributed by atoms with van der Waals surface area (Å²) in [4.78, 5) is 2.48. The molecule has 46 heavy (non-hydrogen) atoms. The van der Waals surface area contributed by atoms with Gasteiger partial charge in [-0.05, 0) is 74.8 Å². The normalized spacial score (nSPS) is 20.1. The fourth-order valence-electron chi connectivity index (χ4n) is 7.51. The molecule has 6 nitrogen and oxygen atoms in total. The second-order valence-electron chi connectivity index (χ2n) is 13.6. The highest BCUT2D eigenvalue weighted by atomic mass is 32.2. The first-order chi connectivity index (χ1) is 22.2. The summed E-state index contributed by atoms with van der Waals surface area (Å²) < 4.78 is 7.01. The molecule has 2 aromatic rings. The minimum Gasteiger partial charge on any atom is -0.691 e. The van der Waals surface area contributed by atoms with Gasteiger partial charge < -0.3 is 15.5 Å². The van der Waals surface area contributed by atoms with E-state index in [1.807, 2.05) is 0 Å². The third-order valence-electron chi connectivity index (χ3n) is 9.96. The number of para-hydroxylation sites is 2.